The minimum absolute atomic E-state index is 0. The highest BCUT2D eigenvalue weighted by molar-refractivity contribution is 7.99. The molecule has 5 heteroatoms. The van der Waals surface area contributed by atoms with Crippen LogP contribution >= 0.6 is 24.2 Å². The minimum atomic E-state index is 0. The maximum Gasteiger partial charge on any atom is 0.238 e. The second kappa shape index (κ2) is 7.52. The van der Waals surface area contributed by atoms with Crippen molar-refractivity contribution in [3.05, 3.63) is 35.9 Å². The lowest BCUT2D eigenvalue weighted by molar-refractivity contribution is -0.123. The van der Waals surface area contributed by atoms with Gasteiger partial charge in [0.15, 0.2) is 0 Å². The third kappa shape index (κ3) is 4.15. The quantitative estimate of drug-likeness (QED) is 0.874. The second-order valence-corrected chi connectivity index (χ2v) is 7.04. The highest BCUT2D eigenvalue weighted by Gasteiger charge is 2.37. The van der Waals surface area contributed by atoms with Crippen LogP contribution in [0.2, 0.25) is 0 Å². The third-order valence-corrected chi connectivity index (χ3v) is 5.45. The van der Waals surface area contributed by atoms with Gasteiger partial charge < -0.3 is 5.32 Å². The van der Waals surface area contributed by atoms with Gasteiger partial charge in [-0.2, -0.15) is 0 Å². The van der Waals surface area contributed by atoms with Crippen LogP contribution in [0.1, 0.15) is 24.8 Å². The largest absolute Gasteiger partial charge is 0.354 e. The Labute approximate surface area is 137 Å². The Kier molecular flexibility index (Phi) is 5.97. The van der Waals surface area contributed by atoms with Crippen LogP contribution in [-0.4, -0.2) is 30.1 Å². The van der Waals surface area contributed by atoms with Crippen LogP contribution in [0.15, 0.2) is 30.3 Å². The van der Waals surface area contributed by atoms with Crippen molar-refractivity contribution in [2.45, 2.75) is 31.7 Å². The average Bonchev–Trinajstić information content (AvgIpc) is 2.96. The zero-order valence-corrected chi connectivity index (χ0v) is 13.8. The van der Waals surface area contributed by atoms with Crippen LogP contribution in [0.4, 0.5) is 0 Å². The lowest BCUT2D eigenvalue weighted by Gasteiger charge is -2.42. The van der Waals surface area contributed by atoms with Crippen LogP contribution in [0.3, 0.4) is 0 Å². The van der Waals surface area contributed by atoms with Crippen molar-refractivity contribution in [3.63, 3.8) is 0 Å². The first-order valence-electron chi connectivity index (χ1n) is 7.40. The van der Waals surface area contributed by atoms with Crippen LogP contribution in [-0.2, 0) is 11.2 Å². The van der Waals surface area contributed by atoms with Gasteiger partial charge in [-0.15, -0.1) is 24.2 Å². The lowest BCUT2D eigenvalue weighted by Crippen LogP contribution is -2.49. The van der Waals surface area contributed by atoms with E-state index in [1.165, 1.54) is 24.8 Å². The van der Waals surface area contributed by atoms with E-state index in [-0.39, 0.29) is 24.4 Å². The van der Waals surface area contributed by atoms with E-state index in [0.717, 1.165) is 24.6 Å². The fourth-order valence-electron chi connectivity index (χ4n) is 3.08. The number of hydrogen-bond donors (Lipinski definition) is 2. The highest BCUT2D eigenvalue weighted by atomic mass is 35.5. The molecule has 1 saturated heterocycles. The molecule has 1 heterocycles. The van der Waals surface area contributed by atoms with E-state index in [1.807, 2.05) is 0 Å². The zero-order chi connectivity index (χ0) is 13.8. The van der Waals surface area contributed by atoms with Crippen LogP contribution < -0.4 is 10.6 Å². The molecule has 1 aliphatic carbocycles. The Morgan fingerprint density at radius 3 is 2.67 bits per heavy atom. The molecule has 3 rings (SSSR count). The Balaban J connectivity index is 0.00000161. The molecule has 0 aromatic heterocycles. The predicted molar refractivity (Wildman–Crippen MR) is 90.9 cm³/mol. The van der Waals surface area contributed by atoms with E-state index in [0.29, 0.717) is 5.41 Å². The summed E-state index contributed by atoms with van der Waals surface area (Å²) in [4.78, 5) is 12.1. The van der Waals surface area contributed by atoms with E-state index in [4.69, 9.17) is 0 Å². The zero-order valence-electron chi connectivity index (χ0n) is 12.1. The van der Waals surface area contributed by atoms with Crippen molar-refractivity contribution in [3.8, 4) is 0 Å². The molecule has 1 amide bonds. The van der Waals surface area contributed by atoms with Crippen LogP contribution in [0, 0.1) is 5.41 Å². The molecule has 1 aliphatic heterocycles. The molecule has 1 unspecified atom stereocenters. The van der Waals surface area contributed by atoms with E-state index < -0.39 is 0 Å². The van der Waals surface area contributed by atoms with Gasteiger partial charge in [0, 0.05) is 18.2 Å². The number of carbonyl (C=O) groups is 1. The smallest absolute Gasteiger partial charge is 0.238 e. The van der Waals surface area contributed by atoms with Crippen molar-refractivity contribution in [1.82, 2.24) is 10.6 Å². The number of halogens is 1. The molecule has 1 atom stereocenters. The average molecular weight is 327 g/mol. The summed E-state index contributed by atoms with van der Waals surface area (Å²) in [5.41, 5.74) is 1.68. The number of benzene rings is 1. The summed E-state index contributed by atoms with van der Waals surface area (Å²) in [6, 6.07) is 10.6. The predicted octanol–water partition coefficient (Wildman–Crippen LogP) is 2.60. The molecule has 2 aliphatic rings. The standard InChI is InChI=1S/C16H22N2OS.ClH/c19-15(14-10-20-12-18-14)17-11-16(7-4-8-16)9-13-5-2-1-3-6-13;/h1-3,5-6,14,18H,4,7-12H2,(H,17,19);1H. The Hall–Kier alpha value is -0.710. The van der Waals surface area contributed by atoms with Gasteiger partial charge in [0.05, 0.1) is 6.04 Å². The van der Waals surface area contributed by atoms with Crippen molar-refractivity contribution in [2.75, 3.05) is 18.2 Å². The number of rotatable bonds is 5. The van der Waals surface area contributed by atoms with Gasteiger partial charge in [0.25, 0.3) is 0 Å². The fraction of sp³-hybridized carbons (Fsp3) is 0.562. The summed E-state index contributed by atoms with van der Waals surface area (Å²) in [6.07, 6.45) is 4.84. The molecule has 2 fully saturated rings. The van der Waals surface area contributed by atoms with Crippen LogP contribution in [0.25, 0.3) is 0 Å². The number of thioether (sulfide) groups is 1. The maximum absolute atomic E-state index is 12.1. The number of amides is 1. The van der Waals surface area contributed by atoms with Gasteiger partial charge in [0.1, 0.15) is 0 Å². The monoisotopic (exact) mass is 326 g/mol. The number of nitrogens with one attached hydrogen (secondary N) is 2. The summed E-state index contributed by atoms with van der Waals surface area (Å²) in [7, 11) is 0. The maximum atomic E-state index is 12.1. The molecule has 1 saturated carbocycles. The first kappa shape index (κ1) is 16.7. The molecule has 3 nitrogen and oxygen atoms in total. The fourth-order valence-corrected chi connectivity index (χ4v) is 4.02. The number of carbonyl (C=O) groups excluding carboxylic acids is 1. The highest BCUT2D eigenvalue weighted by Crippen LogP contribution is 2.43. The first-order valence-corrected chi connectivity index (χ1v) is 8.56. The first-order chi connectivity index (χ1) is 9.77. The normalized spacial score (nSPS) is 23.0. The molecule has 21 heavy (non-hydrogen) atoms. The van der Waals surface area contributed by atoms with Gasteiger partial charge in [-0.3, -0.25) is 10.1 Å². The third-order valence-electron chi connectivity index (χ3n) is 4.51. The summed E-state index contributed by atoms with van der Waals surface area (Å²) in [5.74, 6) is 1.97. The molecule has 1 aromatic carbocycles. The Morgan fingerprint density at radius 1 is 1.33 bits per heavy atom. The summed E-state index contributed by atoms with van der Waals surface area (Å²) < 4.78 is 0. The van der Waals surface area contributed by atoms with E-state index in [9.17, 15) is 4.79 Å². The van der Waals surface area contributed by atoms with E-state index in [2.05, 4.69) is 41.0 Å². The Morgan fingerprint density at radius 2 is 2.10 bits per heavy atom. The van der Waals surface area contributed by atoms with Crippen molar-refractivity contribution >= 4 is 30.1 Å². The molecule has 1 aromatic rings. The second-order valence-electron chi connectivity index (χ2n) is 6.01. The molecular formula is C16H23ClN2OS. The minimum Gasteiger partial charge on any atom is -0.354 e. The molecule has 116 valence electrons. The van der Waals surface area contributed by atoms with Crippen molar-refractivity contribution in [1.29, 1.82) is 0 Å². The molecule has 0 spiro atoms. The summed E-state index contributed by atoms with van der Waals surface area (Å²) >= 11 is 1.79. The molecule has 0 bridgehead atoms. The summed E-state index contributed by atoms with van der Waals surface area (Å²) in [5, 5.41) is 6.40. The van der Waals surface area contributed by atoms with E-state index >= 15 is 0 Å². The summed E-state index contributed by atoms with van der Waals surface area (Å²) in [6.45, 7) is 0.823. The SMILES string of the molecule is Cl.O=C(NCC1(Cc2ccccc2)CCC1)C1CSCN1. The van der Waals surface area contributed by atoms with Crippen molar-refractivity contribution in [2.24, 2.45) is 5.41 Å². The van der Waals surface area contributed by atoms with Gasteiger partial charge in [-0.05, 0) is 30.2 Å². The van der Waals surface area contributed by atoms with Gasteiger partial charge in [-0.1, -0.05) is 36.8 Å². The van der Waals surface area contributed by atoms with Crippen LogP contribution in [0.5, 0.6) is 0 Å². The Bertz CT molecular complexity index is 459. The van der Waals surface area contributed by atoms with Crippen molar-refractivity contribution < 1.29 is 4.79 Å². The lowest BCUT2D eigenvalue weighted by atomic mass is 9.65. The molecule has 2 N–H and O–H groups in total. The van der Waals surface area contributed by atoms with E-state index in [1.54, 1.807) is 11.8 Å². The molecule has 0 radical (unpaired) electrons. The van der Waals surface area contributed by atoms with Gasteiger partial charge >= 0.3 is 0 Å². The number of hydrogen-bond acceptors (Lipinski definition) is 3. The molecular weight excluding hydrogens is 304 g/mol. The van der Waals surface area contributed by atoms with Gasteiger partial charge in [-0.25, -0.2) is 0 Å². The van der Waals surface area contributed by atoms with Gasteiger partial charge in [0.2, 0.25) is 5.91 Å². The topological polar surface area (TPSA) is 41.1 Å².